The van der Waals surface area contributed by atoms with Crippen LogP contribution in [0.4, 0.5) is 0 Å². The first-order valence-corrected chi connectivity index (χ1v) is 6.44. The van der Waals surface area contributed by atoms with Crippen molar-refractivity contribution in [2.45, 2.75) is 18.9 Å². The molecule has 0 aliphatic carbocycles. The topological polar surface area (TPSA) is 46.5 Å². The third-order valence-corrected chi connectivity index (χ3v) is 4.47. The lowest BCUT2D eigenvalue weighted by atomic mass is 9.93. The lowest BCUT2D eigenvalue weighted by molar-refractivity contribution is -0.151. The van der Waals surface area contributed by atoms with Gasteiger partial charge in [0.25, 0.3) is 0 Å². The molecule has 0 saturated carbocycles. The number of rotatable bonds is 2. The van der Waals surface area contributed by atoms with E-state index in [1.165, 1.54) is 0 Å². The summed E-state index contributed by atoms with van der Waals surface area (Å²) >= 11 is 4.96. The first kappa shape index (κ1) is 11.1. The fourth-order valence-electron chi connectivity index (χ4n) is 1.80. The Morgan fingerprint density at radius 2 is 2.47 bits per heavy atom. The predicted octanol–water partition coefficient (Wildman–Crippen LogP) is 3.06. The SMILES string of the molecule is O=C(O)C1CCCOC1c1sccc1Br. The maximum absolute atomic E-state index is 11.1. The van der Waals surface area contributed by atoms with E-state index in [1.54, 1.807) is 11.3 Å². The Morgan fingerprint density at radius 3 is 3.07 bits per heavy atom. The van der Waals surface area contributed by atoms with E-state index in [2.05, 4.69) is 15.9 Å². The van der Waals surface area contributed by atoms with Crippen molar-refractivity contribution >= 4 is 33.2 Å². The maximum Gasteiger partial charge on any atom is 0.309 e. The van der Waals surface area contributed by atoms with Gasteiger partial charge in [-0.05, 0) is 40.2 Å². The van der Waals surface area contributed by atoms with Crippen LogP contribution in [-0.2, 0) is 9.53 Å². The van der Waals surface area contributed by atoms with Gasteiger partial charge in [-0.2, -0.15) is 0 Å². The molecule has 2 unspecified atom stereocenters. The van der Waals surface area contributed by atoms with Crippen LogP contribution in [-0.4, -0.2) is 17.7 Å². The van der Waals surface area contributed by atoms with Gasteiger partial charge in [-0.1, -0.05) is 0 Å². The van der Waals surface area contributed by atoms with Gasteiger partial charge in [-0.3, -0.25) is 4.79 Å². The Kier molecular flexibility index (Phi) is 3.43. The monoisotopic (exact) mass is 290 g/mol. The van der Waals surface area contributed by atoms with Crippen LogP contribution in [0.25, 0.3) is 0 Å². The third kappa shape index (κ3) is 2.24. The summed E-state index contributed by atoms with van der Waals surface area (Å²) in [5.41, 5.74) is 0. The Hall–Kier alpha value is -0.390. The Balaban J connectivity index is 2.25. The van der Waals surface area contributed by atoms with Crippen LogP contribution >= 0.6 is 27.3 Å². The molecule has 1 aromatic heterocycles. The van der Waals surface area contributed by atoms with Gasteiger partial charge < -0.3 is 9.84 Å². The van der Waals surface area contributed by atoms with E-state index in [0.717, 1.165) is 15.8 Å². The summed E-state index contributed by atoms with van der Waals surface area (Å²) in [6.45, 7) is 0.652. The second-order valence-electron chi connectivity index (χ2n) is 3.51. The van der Waals surface area contributed by atoms with Crippen molar-refractivity contribution in [3.8, 4) is 0 Å². The highest BCUT2D eigenvalue weighted by Crippen LogP contribution is 2.40. The third-order valence-electron chi connectivity index (χ3n) is 2.54. The Bertz CT molecular complexity index is 363. The average molecular weight is 291 g/mol. The molecule has 1 fully saturated rings. The van der Waals surface area contributed by atoms with Crippen molar-refractivity contribution in [3.63, 3.8) is 0 Å². The van der Waals surface area contributed by atoms with E-state index in [4.69, 9.17) is 9.84 Å². The van der Waals surface area contributed by atoms with E-state index in [9.17, 15) is 4.79 Å². The zero-order valence-corrected chi connectivity index (χ0v) is 10.4. The number of carbonyl (C=O) groups is 1. The molecule has 0 radical (unpaired) electrons. The number of hydrogen-bond acceptors (Lipinski definition) is 3. The second kappa shape index (κ2) is 4.63. The molecule has 1 aliphatic rings. The Labute approximate surface area is 100 Å². The number of carboxylic acid groups (broad SMARTS) is 1. The molecule has 3 nitrogen and oxygen atoms in total. The Morgan fingerprint density at radius 1 is 1.67 bits per heavy atom. The maximum atomic E-state index is 11.1. The van der Waals surface area contributed by atoms with Gasteiger partial charge in [-0.25, -0.2) is 0 Å². The molecule has 0 spiro atoms. The highest BCUT2D eigenvalue weighted by molar-refractivity contribution is 9.10. The molecule has 0 amide bonds. The number of carboxylic acids is 1. The lowest BCUT2D eigenvalue weighted by Crippen LogP contribution is -2.28. The summed E-state index contributed by atoms with van der Waals surface area (Å²) in [4.78, 5) is 12.1. The molecule has 2 heterocycles. The van der Waals surface area contributed by atoms with E-state index in [0.29, 0.717) is 13.0 Å². The summed E-state index contributed by atoms with van der Waals surface area (Å²) in [5.74, 6) is -1.17. The quantitative estimate of drug-likeness (QED) is 0.911. The number of halogens is 1. The van der Waals surface area contributed by atoms with Gasteiger partial charge in [0.15, 0.2) is 0 Å². The summed E-state index contributed by atoms with van der Waals surface area (Å²) in [7, 11) is 0. The van der Waals surface area contributed by atoms with Crippen LogP contribution in [0.15, 0.2) is 15.9 Å². The van der Waals surface area contributed by atoms with Crippen LogP contribution < -0.4 is 0 Å². The van der Waals surface area contributed by atoms with E-state index in [1.807, 2.05) is 11.4 Å². The number of thiophene rings is 1. The fraction of sp³-hybridized carbons (Fsp3) is 0.500. The molecule has 1 aliphatic heterocycles. The molecular weight excluding hydrogens is 280 g/mol. The molecule has 15 heavy (non-hydrogen) atoms. The molecule has 0 bridgehead atoms. The van der Waals surface area contributed by atoms with Crippen LogP contribution in [0.2, 0.25) is 0 Å². The molecule has 2 rings (SSSR count). The summed E-state index contributed by atoms with van der Waals surface area (Å²) < 4.78 is 6.53. The summed E-state index contributed by atoms with van der Waals surface area (Å²) in [6, 6.07) is 1.93. The zero-order chi connectivity index (χ0) is 10.8. The summed E-state index contributed by atoms with van der Waals surface area (Å²) in [5, 5.41) is 11.0. The van der Waals surface area contributed by atoms with E-state index < -0.39 is 11.9 Å². The van der Waals surface area contributed by atoms with Gasteiger partial charge >= 0.3 is 5.97 Å². The highest BCUT2D eigenvalue weighted by atomic mass is 79.9. The van der Waals surface area contributed by atoms with E-state index >= 15 is 0 Å². The van der Waals surface area contributed by atoms with Crippen LogP contribution in [0.1, 0.15) is 23.8 Å². The van der Waals surface area contributed by atoms with Gasteiger partial charge in [-0.15, -0.1) is 11.3 Å². The fourth-order valence-corrected chi connectivity index (χ4v) is 3.51. The highest BCUT2D eigenvalue weighted by Gasteiger charge is 2.34. The van der Waals surface area contributed by atoms with Crippen molar-refractivity contribution in [3.05, 3.63) is 20.8 Å². The smallest absolute Gasteiger partial charge is 0.309 e. The minimum atomic E-state index is -0.764. The summed E-state index contributed by atoms with van der Waals surface area (Å²) in [6.07, 6.45) is 1.24. The van der Waals surface area contributed by atoms with Crippen molar-refractivity contribution in [1.82, 2.24) is 0 Å². The molecule has 5 heteroatoms. The van der Waals surface area contributed by atoms with Crippen LogP contribution in [0.3, 0.4) is 0 Å². The molecule has 82 valence electrons. The normalized spacial score (nSPS) is 26.5. The molecular formula is C10H11BrO3S. The van der Waals surface area contributed by atoms with Crippen molar-refractivity contribution < 1.29 is 14.6 Å². The van der Waals surface area contributed by atoms with Crippen molar-refractivity contribution in [1.29, 1.82) is 0 Å². The second-order valence-corrected chi connectivity index (χ2v) is 5.31. The average Bonchev–Trinajstić information content (AvgIpc) is 2.64. The standard InChI is InChI=1S/C10H11BrO3S/c11-7-3-5-15-9(7)8-6(10(12)13)2-1-4-14-8/h3,5-6,8H,1-2,4H2,(H,12,13). The zero-order valence-electron chi connectivity index (χ0n) is 7.98. The van der Waals surface area contributed by atoms with Gasteiger partial charge in [0, 0.05) is 16.0 Å². The number of aliphatic carboxylic acids is 1. The van der Waals surface area contributed by atoms with Crippen molar-refractivity contribution in [2.75, 3.05) is 6.61 Å². The largest absolute Gasteiger partial charge is 0.481 e. The first-order valence-electron chi connectivity index (χ1n) is 4.77. The lowest BCUT2D eigenvalue weighted by Gasteiger charge is -2.28. The van der Waals surface area contributed by atoms with Crippen molar-refractivity contribution in [2.24, 2.45) is 5.92 Å². The van der Waals surface area contributed by atoms with Crippen LogP contribution in [0.5, 0.6) is 0 Å². The molecule has 0 aromatic carbocycles. The van der Waals surface area contributed by atoms with Crippen LogP contribution in [0, 0.1) is 5.92 Å². The first-order chi connectivity index (χ1) is 7.20. The van der Waals surface area contributed by atoms with Gasteiger partial charge in [0.2, 0.25) is 0 Å². The van der Waals surface area contributed by atoms with Gasteiger partial charge in [0.05, 0.1) is 5.92 Å². The van der Waals surface area contributed by atoms with Gasteiger partial charge in [0.1, 0.15) is 6.10 Å². The minimum Gasteiger partial charge on any atom is -0.481 e. The molecule has 1 N–H and O–H groups in total. The molecule has 1 saturated heterocycles. The number of ether oxygens (including phenoxy) is 1. The van der Waals surface area contributed by atoms with E-state index in [-0.39, 0.29) is 6.10 Å². The number of hydrogen-bond donors (Lipinski definition) is 1. The molecule has 2 atom stereocenters. The predicted molar refractivity (Wildman–Crippen MR) is 61.1 cm³/mol. The molecule has 1 aromatic rings. The minimum absolute atomic E-state index is 0.286.